The Hall–Kier alpha value is -4.30. The second-order valence-corrected chi connectivity index (χ2v) is 10.1. The van der Waals surface area contributed by atoms with Gasteiger partial charge in [0.2, 0.25) is 0 Å². The van der Waals surface area contributed by atoms with Gasteiger partial charge in [-0.1, -0.05) is 60.7 Å². The lowest BCUT2D eigenvalue weighted by molar-refractivity contribution is -0.384. The first-order valence-corrected chi connectivity index (χ1v) is 13.4. The van der Waals surface area contributed by atoms with E-state index in [0.29, 0.717) is 32.0 Å². The number of rotatable bonds is 5. The van der Waals surface area contributed by atoms with E-state index in [1.807, 2.05) is 53.4 Å². The van der Waals surface area contributed by atoms with Crippen LogP contribution in [0.1, 0.15) is 46.8 Å². The molecule has 3 aliphatic rings. The zero-order valence-corrected chi connectivity index (χ0v) is 21.6. The molecule has 0 N–H and O–H groups in total. The molecule has 0 bridgehead atoms. The summed E-state index contributed by atoms with van der Waals surface area (Å²) in [6.07, 6.45) is 4.99. The maximum Gasteiger partial charge on any atom is 0.293 e. The van der Waals surface area contributed by atoms with Crippen molar-refractivity contribution in [2.75, 3.05) is 31.2 Å². The molecule has 3 aromatic carbocycles. The van der Waals surface area contributed by atoms with E-state index in [1.165, 1.54) is 6.07 Å². The number of nitrogens with zero attached hydrogens (tertiary/aromatic N) is 4. The molecule has 2 unspecified atom stereocenters. The van der Waals surface area contributed by atoms with E-state index in [9.17, 15) is 14.9 Å². The first kappa shape index (κ1) is 25.0. The number of anilines is 1. The van der Waals surface area contributed by atoms with Gasteiger partial charge >= 0.3 is 0 Å². The van der Waals surface area contributed by atoms with Crippen LogP contribution in [0.2, 0.25) is 0 Å². The molecule has 2 atom stereocenters. The molecule has 2 heterocycles. The lowest BCUT2D eigenvalue weighted by atomic mass is 9.77. The van der Waals surface area contributed by atoms with Gasteiger partial charge in [-0.15, -0.1) is 0 Å². The number of benzene rings is 3. The number of nitro benzene ring substituents is 1. The Morgan fingerprint density at radius 3 is 2.44 bits per heavy atom. The fraction of sp³-hybridized carbons (Fsp3) is 0.290. The number of amides is 1. The number of hydrazone groups is 1. The number of carbonyl (C=O) groups is 1. The number of hydrogen-bond donors (Lipinski definition) is 0. The van der Waals surface area contributed by atoms with Gasteiger partial charge in [0.1, 0.15) is 5.69 Å². The summed E-state index contributed by atoms with van der Waals surface area (Å²) in [7, 11) is 0. The van der Waals surface area contributed by atoms with Crippen molar-refractivity contribution in [1.29, 1.82) is 0 Å². The van der Waals surface area contributed by atoms with Crippen molar-refractivity contribution in [2.24, 2.45) is 11.0 Å². The highest BCUT2D eigenvalue weighted by Crippen LogP contribution is 2.45. The van der Waals surface area contributed by atoms with Crippen molar-refractivity contribution in [1.82, 2.24) is 5.01 Å². The summed E-state index contributed by atoms with van der Waals surface area (Å²) in [6, 6.07) is 24.6. The van der Waals surface area contributed by atoms with Crippen LogP contribution in [-0.4, -0.2) is 47.9 Å². The van der Waals surface area contributed by atoms with Crippen LogP contribution < -0.4 is 4.90 Å². The molecule has 6 rings (SSSR count). The number of allylic oxidation sites excluding steroid dienone is 1. The fourth-order valence-corrected chi connectivity index (χ4v) is 5.91. The Morgan fingerprint density at radius 2 is 1.72 bits per heavy atom. The normalized spacial score (nSPS) is 21.9. The van der Waals surface area contributed by atoms with E-state index in [-0.39, 0.29) is 29.1 Å². The van der Waals surface area contributed by atoms with Gasteiger partial charge in [-0.25, -0.2) is 5.01 Å². The molecule has 2 fully saturated rings. The van der Waals surface area contributed by atoms with Gasteiger partial charge in [-0.2, -0.15) is 5.10 Å². The van der Waals surface area contributed by atoms with Gasteiger partial charge < -0.3 is 9.64 Å². The van der Waals surface area contributed by atoms with Gasteiger partial charge in [0.15, 0.2) is 0 Å². The van der Waals surface area contributed by atoms with E-state index in [1.54, 1.807) is 17.1 Å². The first-order valence-electron chi connectivity index (χ1n) is 13.4. The van der Waals surface area contributed by atoms with E-state index >= 15 is 0 Å². The molecule has 0 radical (unpaired) electrons. The zero-order valence-electron chi connectivity index (χ0n) is 21.6. The number of fused-ring (bicyclic) bond motifs is 1. The molecule has 8 heteroatoms. The van der Waals surface area contributed by atoms with Gasteiger partial charge in [-0.3, -0.25) is 14.9 Å². The van der Waals surface area contributed by atoms with E-state index < -0.39 is 4.92 Å². The van der Waals surface area contributed by atoms with Crippen molar-refractivity contribution in [3.8, 4) is 0 Å². The summed E-state index contributed by atoms with van der Waals surface area (Å²) < 4.78 is 5.41. The Balaban J connectivity index is 1.39. The smallest absolute Gasteiger partial charge is 0.293 e. The number of hydrogen-bond acceptors (Lipinski definition) is 6. The lowest BCUT2D eigenvalue weighted by Crippen LogP contribution is -2.36. The number of carbonyl (C=O) groups excluding carboxylic acids is 1. The van der Waals surface area contributed by atoms with Crippen LogP contribution in [0.15, 0.2) is 89.5 Å². The van der Waals surface area contributed by atoms with Gasteiger partial charge in [0.05, 0.1) is 29.9 Å². The molecule has 1 aliphatic carbocycles. The van der Waals surface area contributed by atoms with Gasteiger partial charge in [0, 0.05) is 30.6 Å². The van der Waals surface area contributed by atoms with E-state index in [2.05, 4.69) is 18.2 Å². The Bertz CT molecular complexity index is 1430. The molecule has 39 heavy (non-hydrogen) atoms. The van der Waals surface area contributed by atoms with Crippen LogP contribution in [0.5, 0.6) is 0 Å². The van der Waals surface area contributed by atoms with E-state index in [4.69, 9.17) is 9.84 Å². The first-order chi connectivity index (χ1) is 19.1. The van der Waals surface area contributed by atoms with Crippen molar-refractivity contribution in [3.63, 3.8) is 0 Å². The van der Waals surface area contributed by atoms with Gasteiger partial charge in [-0.05, 0) is 54.2 Å². The summed E-state index contributed by atoms with van der Waals surface area (Å²) in [5, 5.41) is 18.6. The topological polar surface area (TPSA) is 88.3 Å². The third-order valence-electron chi connectivity index (χ3n) is 7.76. The maximum absolute atomic E-state index is 14.0. The molecule has 2 aliphatic heterocycles. The average molecular weight is 523 g/mol. The monoisotopic (exact) mass is 522 g/mol. The molecule has 8 nitrogen and oxygen atoms in total. The molecule has 0 spiro atoms. The third kappa shape index (κ3) is 4.95. The minimum absolute atomic E-state index is 0.0580. The van der Waals surface area contributed by atoms with E-state index in [0.717, 1.165) is 41.7 Å². The summed E-state index contributed by atoms with van der Waals surface area (Å²) >= 11 is 0. The Morgan fingerprint density at radius 1 is 1.00 bits per heavy atom. The molecule has 3 aromatic rings. The molecule has 198 valence electrons. The lowest BCUT2D eigenvalue weighted by Gasteiger charge is -2.30. The van der Waals surface area contributed by atoms with Crippen LogP contribution in [0, 0.1) is 16.0 Å². The summed E-state index contributed by atoms with van der Waals surface area (Å²) in [5.41, 5.74) is 4.88. The van der Waals surface area contributed by atoms with Crippen LogP contribution in [0.25, 0.3) is 6.08 Å². The highest BCUT2D eigenvalue weighted by atomic mass is 16.6. The predicted molar refractivity (Wildman–Crippen MR) is 151 cm³/mol. The third-order valence-corrected chi connectivity index (χ3v) is 7.76. The summed E-state index contributed by atoms with van der Waals surface area (Å²) in [6.45, 7) is 2.18. The van der Waals surface area contributed by atoms with Crippen molar-refractivity contribution in [3.05, 3.63) is 111 Å². The maximum atomic E-state index is 14.0. The number of nitro groups is 1. The summed E-state index contributed by atoms with van der Waals surface area (Å²) in [4.78, 5) is 27.6. The number of ether oxygens (including phenoxy) is 1. The highest BCUT2D eigenvalue weighted by molar-refractivity contribution is 6.09. The average Bonchev–Trinajstić information content (AvgIpc) is 3.38. The fourth-order valence-electron chi connectivity index (χ4n) is 5.91. The summed E-state index contributed by atoms with van der Waals surface area (Å²) in [5.74, 6) is -0.274. The van der Waals surface area contributed by atoms with Crippen molar-refractivity contribution < 1.29 is 14.5 Å². The minimum Gasteiger partial charge on any atom is -0.378 e. The zero-order chi connectivity index (χ0) is 26.8. The van der Waals surface area contributed by atoms with Crippen LogP contribution >= 0.6 is 0 Å². The van der Waals surface area contributed by atoms with Crippen molar-refractivity contribution >= 4 is 29.1 Å². The Labute approximate surface area is 227 Å². The number of morpholine rings is 1. The van der Waals surface area contributed by atoms with Crippen LogP contribution in [0.4, 0.5) is 11.4 Å². The quantitative estimate of drug-likeness (QED) is 0.309. The Kier molecular flexibility index (Phi) is 6.94. The predicted octanol–water partition coefficient (Wildman–Crippen LogP) is 5.87. The highest BCUT2D eigenvalue weighted by Gasteiger charge is 2.44. The van der Waals surface area contributed by atoms with Crippen LogP contribution in [-0.2, 0) is 4.74 Å². The molecule has 1 amide bonds. The second kappa shape index (κ2) is 10.8. The van der Waals surface area contributed by atoms with Gasteiger partial charge in [0.25, 0.3) is 11.6 Å². The second-order valence-electron chi connectivity index (χ2n) is 10.1. The van der Waals surface area contributed by atoms with Crippen LogP contribution in [0.3, 0.4) is 0 Å². The molecule has 1 saturated carbocycles. The molecule has 0 aromatic heterocycles. The minimum atomic E-state index is -0.410. The molecular weight excluding hydrogens is 492 g/mol. The molecular formula is C31H30N4O4. The largest absolute Gasteiger partial charge is 0.378 e. The molecule has 1 saturated heterocycles. The SMILES string of the molecule is O=C(c1ccc(N2CCOCC2)c([N+](=O)[O-])c1)N1N=C2C(=Cc3ccccc3)CCCC2C1c1ccccc1. The standard InChI is InChI=1S/C31H30N4O4/c36-31(25-14-15-27(28(21-25)35(37)38)33-16-18-39-19-17-33)34-30(23-10-5-2-6-11-23)26-13-7-12-24(29(26)32-34)20-22-8-3-1-4-9-22/h1-6,8-11,14-15,20-21,26,30H,7,12-13,16-19H2. The van der Waals surface area contributed by atoms with Crippen molar-refractivity contribution in [2.45, 2.75) is 25.3 Å².